The number of phenolic OH excluding ortho intramolecular Hbond substituents is 1. The van der Waals surface area contributed by atoms with E-state index < -0.39 is 0 Å². The van der Waals surface area contributed by atoms with E-state index in [4.69, 9.17) is 23.1 Å². The Balaban J connectivity index is 3.11. The zero-order valence-corrected chi connectivity index (χ0v) is 9.85. The highest BCUT2D eigenvalue weighted by Crippen LogP contribution is 2.37. The topological polar surface area (TPSA) is 72.3 Å². The molecule has 5 N–H and O–H groups in total. The van der Waals surface area contributed by atoms with Crippen molar-refractivity contribution in [2.75, 3.05) is 6.54 Å². The van der Waals surface area contributed by atoms with Gasteiger partial charge in [0.1, 0.15) is 5.75 Å². The van der Waals surface area contributed by atoms with Crippen LogP contribution in [0.1, 0.15) is 18.0 Å². The number of rotatable bonds is 3. The molecule has 3 nitrogen and oxygen atoms in total. The second-order valence-electron chi connectivity index (χ2n) is 2.98. The summed E-state index contributed by atoms with van der Waals surface area (Å²) in [6, 6.07) is 3.04. The van der Waals surface area contributed by atoms with E-state index in [1.54, 1.807) is 12.1 Å². The van der Waals surface area contributed by atoms with Gasteiger partial charge in [-0.05, 0) is 41.0 Å². The van der Waals surface area contributed by atoms with Crippen LogP contribution in [-0.2, 0) is 0 Å². The molecule has 1 aromatic rings. The molecule has 0 saturated carbocycles. The highest BCUT2D eigenvalue weighted by Gasteiger charge is 2.16. The molecule has 1 aromatic carbocycles. The van der Waals surface area contributed by atoms with Gasteiger partial charge in [-0.1, -0.05) is 11.6 Å². The molecule has 78 valence electrons. The Morgan fingerprint density at radius 2 is 2.14 bits per heavy atom. The third kappa shape index (κ3) is 2.39. The molecule has 0 aliphatic carbocycles. The van der Waals surface area contributed by atoms with E-state index in [1.807, 2.05) is 0 Å². The van der Waals surface area contributed by atoms with Crippen LogP contribution in [0.25, 0.3) is 0 Å². The molecule has 1 atom stereocenters. The number of halogens is 2. The Kier molecular flexibility index (Phi) is 4.19. The Bertz CT molecular complexity index is 333. The van der Waals surface area contributed by atoms with E-state index >= 15 is 0 Å². The lowest BCUT2D eigenvalue weighted by atomic mass is 10.0. The minimum atomic E-state index is -0.329. The van der Waals surface area contributed by atoms with Crippen molar-refractivity contribution in [1.29, 1.82) is 0 Å². The van der Waals surface area contributed by atoms with Crippen LogP contribution in [0.3, 0.4) is 0 Å². The van der Waals surface area contributed by atoms with Crippen molar-refractivity contribution in [2.45, 2.75) is 12.5 Å². The molecular weight excluding hydrogens is 267 g/mol. The first-order chi connectivity index (χ1) is 6.57. The summed E-state index contributed by atoms with van der Waals surface area (Å²) in [5, 5.41) is 10.2. The minimum Gasteiger partial charge on any atom is -0.506 e. The van der Waals surface area contributed by atoms with Crippen LogP contribution in [0, 0.1) is 0 Å². The van der Waals surface area contributed by atoms with Gasteiger partial charge in [0.25, 0.3) is 0 Å². The highest BCUT2D eigenvalue weighted by molar-refractivity contribution is 9.10. The first-order valence-corrected chi connectivity index (χ1v) is 5.37. The molecule has 14 heavy (non-hydrogen) atoms. The van der Waals surface area contributed by atoms with Gasteiger partial charge in [0.05, 0.1) is 4.47 Å². The van der Waals surface area contributed by atoms with Crippen LogP contribution < -0.4 is 11.5 Å². The fourth-order valence-electron chi connectivity index (χ4n) is 1.23. The maximum Gasteiger partial charge on any atom is 0.136 e. The maximum absolute atomic E-state index is 9.72. The SMILES string of the molecule is NCC[C@@H](N)c1c(Cl)ccc(Br)c1O. The van der Waals surface area contributed by atoms with Crippen LogP contribution in [-0.4, -0.2) is 11.7 Å². The van der Waals surface area contributed by atoms with Crippen molar-refractivity contribution in [1.82, 2.24) is 0 Å². The van der Waals surface area contributed by atoms with Crippen molar-refractivity contribution >= 4 is 27.5 Å². The molecule has 1 rings (SSSR count). The van der Waals surface area contributed by atoms with E-state index in [0.717, 1.165) is 0 Å². The largest absolute Gasteiger partial charge is 0.506 e. The van der Waals surface area contributed by atoms with Crippen molar-refractivity contribution in [2.24, 2.45) is 11.5 Å². The van der Waals surface area contributed by atoms with Gasteiger partial charge in [0.15, 0.2) is 0 Å². The molecule has 0 spiro atoms. The number of hydrogen-bond acceptors (Lipinski definition) is 3. The third-order valence-corrected chi connectivity index (χ3v) is 2.93. The Hall–Kier alpha value is -0.290. The van der Waals surface area contributed by atoms with Crippen LogP contribution in [0.2, 0.25) is 5.02 Å². The standard InChI is InChI=1S/C9H12BrClN2O/c10-5-1-2-6(11)8(9(5)14)7(13)3-4-12/h1-2,7,14H,3-4,12-13H2/t7-/m1/s1. The van der Waals surface area contributed by atoms with Crippen molar-refractivity contribution in [3.05, 3.63) is 27.2 Å². The summed E-state index contributed by atoms with van der Waals surface area (Å²) < 4.78 is 0.587. The van der Waals surface area contributed by atoms with E-state index in [-0.39, 0.29) is 11.8 Å². The van der Waals surface area contributed by atoms with Crippen LogP contribution in [0.4, 0.5) is 0 Å². The monoisotopic (exact) mass is 278 g/mol. The van der Waals surface area contributed by atoms with Gasteiger partial charge in [-0.25, -0.2) is 0 Å². The lowest BCUT2D eigenvalue weighted by molar-refractivity contribution is 0.456. The molecule has 0 heterocycles. The molecule has 0 fully saturated rings. The van der Waals surface area contributed by atoms with E-state index in [0.29, 0.717) is 28.0 Å². The zero-order valence-electron chi connectivity index (χ0n) is 7.50. The molecule has 5 heteroatoms. The first-order valence-electron chi connectivity index (χ1n) is 4.20. The van der Waals surface area contributed by atoms with Gasteiger partial charge in [-0.2, -0.15) is 0 Å². The lowest BCUT2D eigenvalue weighted by Crippen LogP contribution is -2.16. The Morgan fingerprint density at radius 3 is 2.71 bits per heavy atom. The van der Waals surface area contributed by atoms with Crippen molar-refractivity contribution < 1.29 is 5.11 Å². The van der Waals surface area contributed by atoms with Gasteiger partial charge in [-0.15, -0.1) is 0 Å². The predicted molar refractivity (Wildman–Crippen MR) is 61.4 cm³/mol. The van der Waals surface area contributed by atoms with Gasteiger partial charge in [0.2, 0.25) is 0 Å². The summed E-state index contributed by atoms with van der Waals surface area (Å²) in [6.45, 7) is 0.462. The quantitative estimate of drug-likeness (QED) is 0.794. The zero-order chi connectivity index (χ0) is 10.7. The smallest absolute Gasteiger partial charge is 0.136 e. The normalized spacial score (nSPS) is 12.9. The molecule has 0 aliphatic heterocycles. The highest BCUT2D eigenvalue weighted by atomic mass is 79.9. The van der Waals surface area contributed by atoms with Crippen LogP contribution in [0.15, 0.2) is 16.6 Å². The summed E-state index contributed by atoms with van der Waals surface area (Å²) in [5.41, 5.74) is 11.8. The maximum atomic E-state index is 9.72. The molecule has 0 aromatic heterocycles. The number of benzene rings is 1. The first kappa shape index (κ1) is 11.8. The average molecular weight is 280 g/mol. The molecule has 0 saturated heterocycles. The minimum absolute atomic E-state index is 0.0958. The third-order valence-electron chi connectivity index (χ3n) is 1.96. The van der Waals surface area contributed by atoms with Gasteiger partial charge < -0.3 is 16.6 Å². The van der Waals surface area contributed by atoms with E-state index in [2.05, 4.69) is 15.9 Å². The van der Waals surface area contributed by atoms with Gasteiger partial charge in [0, 0.05) is 16.6 Å². The summed E-state index contributed by atoms with van der Waals surface area (Å²) in [7, 11) is 0. The average Bonchev–Trinajstić information content (AvgIpc) is 2.13. The molecular formula is C9H12BrClN2O. The number of phenols is 1. The second-order valence-corrected chi connectivity index (χ2v) is 4.24. The molecule has 0 bridgehead atoms. The lowest BCUT2D eigenvalue weighted by Gasteiger charge is -2.15. The van der Waals surface area contributed by atoms with Crippen molar-refractivity contribution in [3.8, 4) is 5.75 Å². The van der Waals surface area contributed by atoms with Gasteiger partial charge in [-0.3, -0.25) is 0 Å². The summed E-state index contributed by atoms with van der Waals surface area (Å²) in [6.07, 6.45) is 0.587. The summed E-state index contributed by atoms with van der Waals surface area (Å²) in [4.78, 5) is 0. The fourth-order valence-corrected chi connectivity index (χ4v) is 1.87. The molecule has 0 amide bonds. The van der Waals surface area contributed by atoms with E-state index in [1.165, 1.54) is 0 Å². The second kappa shape index (κ2) is 4.98. The predicted octanol–water partition coefficient (Wildman–Crippen LogP) is 2.16. The molecule has 0 unspecified atom stereocenters. The Morgan fingerprint density at radius 1 is 1.50 bits per heavy atom. The van der Waals surface area contributed by atoms with Crippen LogP contribution >= 0.6 is 27.5 Å². The fraction of sp³-hybridized carbons (Fsp3) is 0.333. The molecule has 0 aliphatic rings. The summed E-state index contributed by atoms with van der Waals surface area (Å²) in [5.74, 6) is 0.0958. The summed E-state index contributed by atoms with van der Waals surface area (Å²) >= 11 is 9.13. The Labute approximate surface area is 96.2 Å². The number of nitrogens with two attached hydrogens (primary N) is 2. The van der Waals surface area contributed by atoms with Crippen molar-refractivity contribution in [3.63, 3.8) is 0 Å². The number of hydrogen-bond donors (Lipinski definition) is 3. The van der Waals surface area contributed by atoms with E-state index in [9.17, 15) is 5.11 Å². The van der Waals surface area contributed by atoms with Gasteiger partial charge >= 0.3 is 0 Å². The number of aromatic hydroxyl groups is 1. The van der Waals surface area contributed by atoms with Crippen LogP contribution in [0.5, 0.6) is 5.75 Å². The molecule has 0 radical (unpaired) electrons.